The minimum absolute atomic E-state index is 0.165. The molecule has 26 heavy (non-hydrogen) atoms. The first-order chi connectivity index (χ1) is 12.6. The molecule has 1 aliphatic rings. The van der Waals surface area contributed by atoms with Crippen LogP contribution in [0, 0.1) is 0 Å². The summed E-state index contributed by atoms with van der Waals surface area (Å²) < 4.78 is 10.4. The van der Waals surface area contributed by atoms with Gasteiger partial charge in [0, 0.05) is 12.8 Å². The molecule has 150 valence electrons. The molecule has 0 aromatic carbocycles. The monoisotopic (exact) mass is 368 g/mol. The maximum Gasteiger partial charge on any atom is 0.305 e. The van der Waals surface area contributed by atoms with Gasteiger partial charge < -0.3 is 19.7 Å². The third-order valence-electron chi connectivity index (χ3n) is 4.74. The normalized spacial score (nSPS) is 24.5. The molecule has 0 spiro atoms. The van der Waals surface area contributed by atoms with E-state index in [9.17, 15) is 15.0 Å². The van der Waals surface area contributed by atoms with Crippen molar-refractivity contribution in [1.82, 2.24) is 0 Å². The lowest BCUT2D eigenvalue weighted by atomic mass is 10.0. The molecule has 0 aromatic rings. The minimum atomic E-state index is -0.501. The Morgan fingerprint density at radius 1 is 1.23 bits per heavy atom. The first kappa shape index (κ1) is 22.9. The van der Waals surface area contributed by atoms with Gasteiger partial charge >= 0.3 is 5.97 Å². The highest BCUT2D eigenvalue weighted by molar-refractivity contribution is 5.69. The van der Waals surface area contributed by atoms with Gasteiger partial charge in [-0.25, -0.2) is 0 Å². The van der Waals surface area contributed by atoms with E-state index in [2.05, 4.69) is 29.9 Å². The van der Waals surface area contributed by atoms with Crippen molar-refractivity contribution in [3.8, 4) is 0 Å². The van der Waals surface area contributed by atoms with E-state index in [1.807, 2.05) is 6.08 Å². The molecule has 5 nitrogen and oxygen atoms in total. The first-order valence-corrected chi connectivity index (χ1v) is 9.96. The number of hydrogen-bond acceptors (Lipinski definition) is 5. The van der Waals surface area contributed by atoms with E-state index in [-0.39, 0.29) is 18.2 Å². The fourth-order valence-corrected chi connectivity index (χ4v) is 3.10. The summed E-state index contributed by atoms with van der Waals surface area (Å²) in [5, 5.41) is 20.3. The Morgan fingerprint density at radius 2 is 2.00 bits per heavy atom. The van der Waals surface area contributed by atoms with E-state index >= 15 is 0 Å². The van der Waals surface area contributed by atoms with Crippen LogP contribution in [0.2, 0.25) is 0 Å². The van der Waals surface area contributed by atoms with Crippen molar-refractivity contribution < 1.29 is 24.5 Å². The molecule has 0 aromatic heterocycles. The number of allylic oxidation sites excluding steroid dienone is 3. The van der Waals surface area contributed by atoms with Gasteiger partial charge in [0.25, 0.3) is 0 Å². The van der Waals surface area contributed by atoms with E-state index in [4.69, 9.17) is 4.74 Å². The number of carbonyl (C=O) groups is 1. The molecule has 1 aliphatic heterocycles. The number of aliphatic hydroxyl groups is 2. The average Bonchev–Trinajstić information content (AvgIpc) is 3.01. The number of carbonyl (C=O) groups excluding carboxylic acids is 1. The van der Waals surface area contributed by atoms with Crippen molar-refractivity contribution in [2.45, 2.75) is 95.5 Å². The van der Waals surface area contributed by atoms with Gasteiger partial charge in [-0.15, -0.1) is 0 Å². The maximum absolute atomic E-state index is 11.0. The van der Waals surface area contributed by atoms with Crippen LogP contribution < -0.4 is 0 Å². The molecule has 2 N–H and O–H groups in total. The van der Waals surface area contributed by atoms with Crippen LogP contribution in [0.3, 0.4) is 0 Å². The van der Waals surface area contributed by atoms with E-state index in [1.54, 1.807) is 0 Å². The van der Waals surface area contributed by atoms with Gasteiger partial charge in [-0.2, -0.15) is 0 Å². The highest BCUT2D eigenvalue weighted by Gasteiger charge is 2.36. The molecule has 5 heteroatoms. The maximum atomic E-state index is 11.0. The molecule has 1 rings (SSSR count). The Hall–Kier alpha value is -1.17. The summed E-state index contributed by atoms with van der Waals surface area (Å²) in [6.45, 7) is 2.14. The van der Waals surface area contributed by atoms with Crippen molar-refractivity contribution in [2.24, 2.45) is 0 Å². The van der Waals surface area contributed by atoms with Crippen molar-refractivity contribution in [3.05, 3.63) is 24.3 Å². The van der Waals surface area contributed by atoms with E-state index in [0.29, 0.717) is 19.3 Å². The zero-order valence-corrected chi connectivity index (χ0v) is 16.3. The van der Waals surface area contributed by atoms with Gasteiger partial charge in [-0.05, 0) is 32.1 Å². The minimum Gasteiger partial charge on any atom is -0.469 e. The lowest BCUT2D eigenvalue weighted by Crippen LogP contribution is -2.26. The second-order valence-corrected chi connectivity index (χ2v) is 6.96. The molecule has 0 amide bonds. The summed E-state index contributed by atoms with van der Waals surface area (Å²) in [7, 11) is 1.41. The zero-order chi connectivity index (χ0) is 19.2. The van der Waals surface area contributed by atoms with Crippen molar-refractivity contribution in [1.29, 1.82) is 0 Å². The molecular formula is C21H36O5. The number of ether oxygens (including phenoxy) is 2. The first-order valence-electron chi connectivity index (χ1n) is 9.96. The highest BCUT2D eigenvalue weighted by atomic mass is 16.5. The van der Waals surface area contributed by atoms with E-state index in [0.717, 1.165) is 44.9 Å². The summed E-state index contributed by atoms with van der Waals surface area (Å²) >= 11 is 0. The quantitative estimate of drug-likeness (QED) is 0.295. The standard InChI is InChI=1S/C21H36O5/c1-3-4-10-13-17(22)20-16-18(23)19(26-20)14-11-8-6-5-7-9-12-15-21(24)25-2/h5,7-8,11,17-20,22-23H,3-4,6,9-10,12-16H2,1-2H3/t17?,18?,19-,20-/m0/s1. The van der Waals surface area contributed by atoms with Gasteiger partial charge in [0.05, 0.1) is 31.5 Å². The highest BCUT2D eigenvalue weighted by Crippen LogP contribution is 2.27. The fourth-order valence-electron chi connectivity index (χ4n) is 3.10. The van der Waals surface area contributed by atoms with Gasteiger partial charge in [0.15, 0.2) is 0 Å². The predicted molar refractivity (Wildman–Crippen MR) is 103 cm³/mol. The molecule has 2 unspecified atom stereocenters. The number of methoxy groups -OCH3 is 1. The van der Waals surface area contributed by atoms with Crippen molar-refractivity contribution in [2.75, 3.05) is 7.11 Å². The summed E-state index contributed by atoms with van der Waals surface area (Å²) in [5.74, 6) is -0.165. The van der Waals surface area contributed by atoms with Crippen LogP contribution in [-0.4, -0.2) is 47.7 Å². The Morgan fingerprint density at radius 3 is 2.73 bits per heavy atom. The summed E-state index contributed by atoms with van der Waals surface area (Å²) in [6, 6.07) is 0. The number of hydrogen-bond donors (Lipinski definition) is 2. The van der Waals surface area contributed by atoms with Crippen LogP contribution in [0.15, 0.2) is 24.3 Å². The smallest absolute Gasteiger partial charge is 0.305 e. The van der Waals surface area contributed by atoms with Gasteiger partial charge in [0.1, 0.15) is 0 Å². The summed E-state index contributed by atoms with van der Waals surface area (Å²) in [4.78, 5) is 11.0. The predicted octanol–water partition coefficient (Wildman–Crippen LogP) is 3.68. The van der Waals surface area contributed by atoms with Crippen LogP contribution in [0.4, 0.5) is 0 Å². The molecule has 0 saturated carbocycles. The Labute approximate surface area is 158 Å². The largest absolute Gasteiger partial charge is 0.469 e. The van der Waals surface area contributed by atoms with Crippen LogP contribution in [0.25, 0.3) is 0 Å². The number of esters is 1. The Bertz CT molecular complexity index is 432. The lowest BCUT2D eigenvalue weighted by Gasteiger charge is -2.18. The number of rotatable bonds is 13. The van der Waals surface area contributed by atoms with Crippen LogP contribution in [0.5, 0.6) is 0 Å². The third-order valence-corrected chi connectivity index (χ3v) is 4.74. The van der Waals surface area contributed by atoms with Gasteiger partial charge in [0.2, 0.25) is 0 Å². The lowest BCUT2D eigenvalue weighted by molar-refractivity contribution is -0.140. The van der Waals surface area contributed by atoms with E-state index < -0.39 is 12.2 Å². The summed E-state index contributed by atoms with van der Waals surface area (Å²) in [6.07, 6.45) is 14.9. The zero-order valence-electron chi connectivity index (χ0n) is 16.3. The SMILES string of the molecule is CCCCCC(O)[C@@H]1CC(O)[C@H](CC=CCC=CCCCC(=O)OC)O1. The molecule has 0 bridgehead atoms. The topological polar surface area (TPSA) is 76.0 Å². The van der Waals surface area contributed by atoms with Gasteiger partial charge in [-0.3, -0.25) is 4.79 Å². The number of aliphatic hydroxyl groups excluding tert-OH is 2. The molecule has 1 fully saturated rings. The van der Waals surface area contributed by atoms with Crippen molar-refractivity contribution >= 4 is 5.97 Å². The van der Waals surface area contributed by atoms with Crippen molar-refractivity contribution in [3.63, 3.8) is 0 Å². The molecule has 4 atom stereocenters. The Kier molecular flexibility index (Phi) is 12.3. The molecule has 0 radical (unpaired) electrons. The van der Waals surface area contributed by atoms with E-state index in [1.165, 1.54) is 7.11 Å². The molecular weight excluding hydrogens is 332 g/mol. The molecule has 1 heterocycles. The summed E-state index contributed by atoms with van der Waals surface area (Å²) in [5.41, 5.74) is 0. The van der Waals surface area contributed by atoms with Crippen LogP contribution >= 0.6 is 0 Å². The molecule has 0 aliphatic carbocycles. The van der Waals surface area contributed by atoms with Crippen LogP contribution in [0.1, 0.15) is 71.1 Å². The average molecular weight is 369 g/mol. The number of unbranched alkanes of at least 4 members (excludes halogenated alkanes) is 3. The molecule has 1 saturated heterocycles. The second kappa shape index (κ2) is 14.0. The Balaban J connectivity index is 2.16. The van der Waals surface area contributed by atoms with Gasteiger partial charge in [-0.1, -0.05) is 50.5 Å². The third kappa shape index (κ3) is 9.51. The fraction of sp³-hybridized carbons (Fsp3) is 0.762. The second-order valence-electron chi connectivity index (χ2n) is 6.96. The van der Waals surface area contributed by atoms with Crippen LogP contribution in [-0.2, 0) is 14.3 Å².